The smallest absolute Gasteiger partial charge is 0.239 e. The molecule has 1 fully saturated rings. The maximum Gasteiger partial charge on any atom is 0.239 e. The molecule has 0 aromatic heterocycles. The van der Waals surface area contributed by atoms with Crippen LogP contribution in [0.2, 0.25) is 0 Å². The van der Waals surface area contributed by atoms with Crippen molar-refractivity contribution >= 4 is 23.4 Å². The zero-order chi connectivity index (χ0) is 13.6. The second-order valence-corrected chi connectivity index (χ2v) is 6.36. The van der Waals surface area contributed by atoms with Gasteiger partial charge >= 0.3 is 0 Å². The Labute approximate surface area is 119 Å². The molecule has 1 aliphatic rings. The van der Waals surface area contributed by atoms with Crippen molar-refractivity contribution in [3.63, 3.8) is 0 Å². The number of hydrogen-bond donors (Lipinski definition) is 2. The highest BCUT2D eigenvalue weighted by Crippen LogP contribution is 2.39. The zero-order valence-corrected chi connectivity index (χ0v) is 12.3. The Bertz CT molecular complexity index is 402. The number of nitrogens with one attached hydrogen (secondary N) is 2. The molecular weight excluding hydrogens is 256 g/mol. The molecule has 0 spiro atoms. The number of amides is 1. The minimum absolute atomic E-state index is 0.0733. The first kappa shape index (κ1) is 14.3. The Balaban J connectivity index is 1.72. The van der Waals surface area contributed by atoms with Crippen LogP contribution in [0.1, 0.15) is 25.7 Å². The van der Waals surface area contributed by atoms with Crippen LogP contribution in [0.4, 0.5) is 5.69 Å². The quantitative estimate of drug-likeness (QED) is 0.840. The lowest BCUT2D eigenvalue weighted by atomic mass is 10.1. The van der Waals surface area contributed by atoms with E-state index in [0.29, 0.717) is 6.54 Å². The number of hydrogen-bond acceptors (Lipinski definition) is 3. The van der Waals surface area contributed by atoms with Crippen molar-refractivity contribution in [3.05, 3.63) is 30.3 Å². The summed E-state index contributed by atoms with van der Waals surface area (Å²) in [5, 5.41) is 6.20. The Morgan fingerprint density at radius 2 is 1.95 bits per heavy atom. The minimum atomic E-state index is 0.0733. The number of anilines is 1. The van der Waals surface area contributed by atoms with E-state index in [1.165, 1.54) is 25.7 Å². The monoisotopic (exact) mass is 278 g/mol. The summed E-state index contributed by atoms with van der Waals surface area (Å²) in [5.41, 5.74) is 0.984. The fourth-order valence-electron chi connectivity index (χ4n) is 2.53. The van der Waals surface area contributed by atoms with Gasteiger partial charge in [-0.25, -0.2) is 0 Å². The molecular formula is C15H22N2OS. The predicted molar refractivity (Wildman–Crippen MR) is 82.7 cm³/mol. The highest BCUT2D eigenvalue weighted by Gasteiger charge is 2.32. The van der Waals surface area contributed by atoms with E-state index >= 15 is 0 Å². The third-order valence-electron chi connectivity index (χ3n) is 3.78. The predicted octanol–water partition coefficient (Wildman–Crippen LogP) is 2.89. The number of para-hydroxylation sites is 1. The summed E-state index contributed by atoms with van der Waals surface area (Å²) >= 11 is 1.90. The molecule has 2 N–H and O–H groups in total. The molecule has 0 bridgehead atoms. The van der Waals surface area contributed by atoms with E-state index in [2.05, 4.69) is 16.9 Å². The molecule has 0 unspecified atom stereocenters. The van der Waals surface area contributed by atoms with Crippen molar-refractivity contribution < 1.29 is 4.79 Å². The molecule has 3 nitrogen and oxygen atoms in total. The first-order chi connectivity index (χ1) is 9.24. The molecule has 4 heteroatoms. The highest BCUT2D eigenvalue weighted by molar-refractivity contribution is 8.00. The van der Waals surface area contributed by atoms with Gasteiger partial charge in [-0.1, -0.05) is 31.0 Å². The highest BCUT2D eigenvalue weighted by atomic mass is 32.2. The van der Waals surface area contributed by atoms with E-state index in [0.717, 1.165) is 12.2 Å². The lowest BCUT2D eigenvalue weighted by Gasteiger charge is -2.26. The van der Waals surface area contributed by atoms with Crippen LogP contribution in [0, 0.1) is 0 Å². The molecule has 0 radical (unpaired) electrons. The normalized spacial score (nSPS) is 17.1. The number of carbonyl (C=O) groups excluding carboxylic acids is 1. The fourth-order valence-corrected chi connectivity index (χ4v) is 3.45. The number of thioether (sulfide) groups is 1. The second-order valence-electron chi connectivity index (χ2n) is 5.09. The summed E-state index contributed by atoms with van der Waals surface area (Å²) in [6.07, 6.45) is 7.18. The van der Waals surface area contributed by atoms with Gasteiger partial charge in [-0.15, -0.1) is 0 Å². The lowest BCUT2D eigenvalue weighted by Crippen LogP contribution is -2.40. The third kappa shape index (κ3) is 4.16. The fraction of sp³-hybridized carbons (Fsp3) is 0.533. The number of rotatable bonds is 6. The summed E-state index contributed by atoms with van der Waals surface area (Å²) in [6.45, 7) is 1.14. The molecule has 1 aromatic rings. The summed E-state index contributed by atoms with van der Waals surface area (Å²) in [7, 11) is 0. The molecule has 1 aromatic carbocycles. The Kier molecular flexibility index (Phi) is 5.14. The topological polar surface area (TPSA) is 41.1 Å². The van der Waals surface area contributed by atoms with Crippen molar-refractivity contribution in [2.24, 2.45) is 0 Å². The van der Waals surface area contributed by atoms with Crippen molar-refractivity contribution in [2.45, 2.75) is 30.4 Å². The molecule has 1 amide bonds. The van der Waals surface area contributed by atoms with Gasteiger partial charge < -0.3 is 10.6 Å². The van der Waals surface area contributed by atoms with Gasteiger partial charge in [0.15, 0.2) is 0 Å². The van der Waals surface area contributed by atoms with E-state index < -0.39 is 0 Å². The van der Waals surface area contributed by atoms with Crippen LogP contribution in [-0.4, -0.2) is 30.0 Å². The van der Waals surface area contributed by atoms with E-state index in [4.69, 9.17) is 0 Å². The maximum atomic E-state index is 11.8. The maximum absolute atomic E-state index is 11.8. The first-order valence-electron chi connectivity index (χ1n) is 6.85. The van der Waals surface area contributed by atoms with Crippen LogP contribution in [0.25, 0.3) is 0 Å². The van der Waals surface area contributed by atoms with Crippen LogP contribution < -0.4 is 10.6 Å². The van der Waals surface area contributed by atoms with E-state index in [1.54, 1.807) is 0 Å². The third-order valence-corrected chi connectivity index (χ3v) is 5.20. The van der Waals surface area contributed by atoms with Gasteiger partial charge in [-0.2, -0.15) is 11.8 Å². The van der Waals surface area contributed by atoms with Gasteiger partial charge in [0, 0.05) is 17.0 Å². The zero-order valence-electron chi connectivity index (χ0n) is 11.4. The van der Waals surface area contributed by atoms with E-state index in [9.17, 15) is 4.79 Å². The van der Waals surface area contributed by atoms with Crippen LogP contribution in [0.3, 0.4) is 0 Å². The van der Waals surface area contributed by atoms with Crippen LogP contribution in [-0.2, 0) is 4.79 Å². The van der Waals surface area contributed by atoms with Crippen LogP contribution >= 0.6 is 11.8 Å². The molecule has 19 heavy (non-hydrogen) atoms. The van der Waals surface area contributed by atoms with Crippen molar-refractivity contribution in [3.8, 4) is 0 Å². The molecule has 0 heterocycles. The average molecular weight is 278 g/mol. The molecule has 1 aliphatic carbocycles. The van der Waals surface area contributed by atoms with Gasteiger partial charge in [0.25, 0.3) is 0 Å². The van der Waals surface area contributed by atoms with E-state index in [1.807, 2.05) is 42.1 Å². The van der Waals surface area contributed by atoms with Crippen LogP contribution in [0.5, 0.6) is 0 Å². The van der Waals surface area contributed by atoms with Gasteiger partial charge in [0.1, 0.15) is 0 Å². The molecule has 0 aliphatic heterocycles. The number of benzene rings is 1. The molecule has 0 saturated heterocycles. The summed E-state index contributed by atoms with van der Waals surface area (Å²) in [4.78, 5) is 11.8. The van der Waals surface area contributed by atoms with Crippen LogP contribution in [0.15, 0.2) is 30.3 Å². The summed E-state index contributed by atoms with van der Waals surface area (Å²) in [6, 6.07) is 9.82. The van der Waals surface area contributed by atoms with Gasteiger partial charge in [-0.3, -0.25) is 4.79 Å². The van der Waals surface area contributed by atoms with Gasteiger partial charge in [0.05, 0.1) is 6.54 Å². The molecule has 104 valence electrons. The second kappa shape index (κ2) is 6.85. The summed E-state index contributed by atoms with van der Waals surface area (Å²) < 4.78 is 0.280. The Hall–Kier alpha value is -1.16. The molecule has 2 rings (SSSR count). The van der Waals surface area contributed by atoms with Crippen molar-refractivity contribution in [1.82, 2.24) is 5.32 Å². The van der Waals surface area contributed by atoms with Crippen molar-refractivity contribution in [2.75, 3.05) is 24.7 Å². The first-order valence-corrected chi connectivity index (χ1v) is 8.07. The summed E-state index contributed by atoms with van der Waals surface area (Å²) in [5.74, 6) is 0.0733. The lowest BCUT2D eigenvalue weighted by molar-refractivity contribution is -0.119. The van der Waals surface area contributed by atoms with Gasteiger partial charge in [0.2, 0.25) is 5.91 Å². The van der Waals surface area contributed by atoms with Gasteiger partial charge in [-0.05, 0) is 31.2 Å². The van der Waals surface area contributed by atoms with Crippen molar-refractivity contribution in [1.29, 1.82) is 0 Å². The Morgan fingerprint density at radius 1 is 1.26 bits per heavy atom. The standard InChI is InChI=1S/C15H22N2OS/c1-19-15(9-5-6-10-15)12-17-14(18)11-16-13-7-3-2-4-8-13/h2-4,7-8,16H,5-6,9-12H2,1H3,(H,17,18). The SMILES string of the molecule is CSC1(CNC(=O)CNc2ccccc2)CCCC1. The average Bonchev–Trinajstić information content (AvgIpc) is 2.93. The Morgan fingerprint density at radius 3 is 2.58 bits per heavy atom. The van der Waals surface area contributed by atoms with E-state index in [-0.39, 0.29) is 10.7 Å². The molecule has 1 saturated carbocycles. The molecule has 0 atom stereocenters. The minimum Gasteiger partial charge on any atom is -0.376 e. The largest absolute Gasteiger partial charge is 0.376 e. The number of carbonyl (C=O) groups is 1.